The Morgan fingerprint density at radius 1 is 1.22 bits per heavy atom. The van der Waals surface area contributed by atoms with E-state index in [1.54, 1.807) is 6.07 Å². The maximum absolute atomic E-state index is 12.2. The molecule has 0 spiro atoms. The lowest BCUT2D eigenvalue weighted by atomic mass is 10.1. The Hall–Kier alpha value is -2.65. The van der Waals surface area contributed by atoms with Gasteiger partial charge < -0.3 is 10.1 Å². The number of benzene rings is 1. The molecule has 0 radical (unpaired) electrons. The normalized spacial score (nSPS) is 13.2. The molecule has 1 amide bonds. The predicted octanol–water partition coefficient (Wildman–Crippen LogP) is 4.30. The third-order valence-corrected chi connectivity index (χ3v) is 5.93. The number of anilines is 1. The van der Waals surface area contributed by atoms with Crippen molar-refractivity contribution in [2.75, 3.05) is 11.9 Å². The van der Waals surface area contributed by atoms with Crippen molar-refractivity contribution < 1.29 is 14.3 Å². The van der Waals surface area contributed by atoms with Crippen LogP contribution >= 0.6 is 11.3 Å². The van der Waals surface area contributed by atoms with Crippen LogP contribution in [0.3, 0.4) is 0 Å². The molecule has 1 N–H and O–H groups in total. The first-order valence-electron chi connectivity index (χ1n) is 9.08. The van der Waals surface area contributed by atoms with Crippen molar-refractivity contribution in [3.63, 3.8) is 0 Å². The van der Waals surface area contributed by atoms with E-state index < -0.39 is 11.9 Å². The van der Waals surface area contributed by atoms with E-state index in [-0.39, 0.29) is 6.61 Å². The fourth-order valence-electron chi connectivity index (χ4n) is 3.36. The maximum Gasteiger partial charge on any atom is 0.338 e. The third kappa shape index (κ3) is 4.37. The highest BCUT2D eigenvalue weighted by Crippen LogP contribution is 2.36. The largest absolute Gasteiger partial charge is 0.452 e. The summed E-state index contributed by atoms with van der Waals surface area (Å²) in [5.41, 5.74) is 3.96. The van der Waals surface area contributed by atoms with Crippen LogP contribution in [-0.2, 0) is 22.4 Å². The van der Waals surface area contributed by atoms with Gasteiger partial charge in [0.05, 0.1) is 11.1 Å². The van der Waals surface area contributed by atoms with Crippen molar-refractivity contribution in [2.24, 2.45) is 0 Å². The molecule has 6 heteroatoms. The first-order valence-corrected chi connectivity index (χ1v) is 9.90. The number of fused-ring (bicyclic) bond motifs is 1. The Morgan fingerprint density at radius 2 is 2.00 bits per heavy atom. The van der Waals surface area contributed by atoms with Gasteiger partial charge in [-0.3, -0.25) is 4.79 Å². The predicted molar refractivity (Wildman–Crippen MR) is 105 cm³/mol. The minimum atomic E-state index is -0.523. The van der Waals surface area contributed by atoms with Gasteiger partial charge in [-0.15, -0.1) is 11.3 Å². The number of hydrogen-bond acceptors (Lipinski definition) is 5. The van der Waals surface area contributed by atoms with Crippen LogP contribution in [0.1, 0.15) is 56.8 Å². The third-order valence-electron chi connectivity index (χ3n) is 4.72. The highest BCUT2D eigenvalue weighted by Gasteiger charge is 2.21. The molecule has 140 valence electrons. The molecule has 0 fully saturated rings. The van der Waals surface area contributed by atoms with Crippen molar-refractivity contribution in [1.82, 2.24) is 0 Å². The van der Waals surface area contributed by atoms with Gasteiger partial charge in [0.25, 0.3) is 5.91 Å². The molecule has 5 nitrogen and oxygen atoms in total. The number of esters is 1. The van der Waals surface area contributed by atoms with Gasteiger partial charge in [0.1, 0.15) is 11.1 Å². The molecule has 1 aliphatic rings. The van der Waals surface area contributed by atoms with Crippen LogP contribution in [0.2, 0.25) is 0 Å². The molecule has 0 saturated heterocycles. The van der Waals surface area contributed by atoms with E-state index in [1.807, 2.05) is 26.0 Å². The average Bonchev–Trinajstić information content (AvgIpc) is 2.79. The second-order valence-electron chi connectivity index (χ2n) is 6.82. The summed E-state index contributed by atoms with van der Waals surface area (Å²) in [5.74, 6) is -0.953. The number of carbonyl (C=O) groups is 2. The van der Waals surface area contributed by atoms with E-state index in [2.05, 4.69) is 11.4 Å². The molecule has 1 heterocycles. The molecule has 27 heavy (non-hydrogen) atoms. The molecule has 0 unspecified atom stereocenters. The van der Waals surface area contributed by atoms with Gasteiger partial charge in [0.2, 0.25) is 0 Å². The topological polar surface area (TPSA) is 79.2 Å². The van der Waals surface area contributed by atoms with Crippen LogP contribution in [0.15, 0.2) is 18.2 Å². The number of amides is 1. The van der Waals surface area contributed by atoms with E-state index in [0.29, 0.717) is 16.1 Å². The molecular formula is C21H22N2O3S. The van der Waals surface area contributed by atoms with Crippen LogP contribution in [0.4, 0.5) is 5.00 Å². The molecule has 1 aromatic heterocycles. The second kappa shape index (κ2) is 8.36. The van der Waals surface area contributed by atoms with Gasteiger partial charge in [0, 0.05) is 4.88 Å². The van der Waals surface area contributed by atoms with Gasteiger partial charge in [-0.2, -0.15) is 5.26 Å². The lowest BCUT2D eigenvalue weighted by Gasteiger charge is -2.08. The van der Waals surface area contributed by atoms with Crippen molar-refractivity contribution in [3.8, 4) is 6.07 Å². The van der Waals surface area contributed by atoms with E-state index >= 15 is 0 Å². The summed E-state index contributed by atoms with van der Waals surface area (Å²) in [6, 6.07) is 7.66. The Morgan fingerprint density at radius 3 is 2.74 bits per heavy atom. The van der Waals surface area contributed by atoms with E-state index in [4.69, 9.17) is 4.74 Å². The minimum absolute atomic E-state index is 0.375. The molecule has 0 bridgehead atoms. The summed E-state index contributed by atoms with van der Waals surface area (Å²) in [7, 11) is 0. The zero-order chi connectivity index (χ0) is 19.4. The van der Waals surface area contributed by atoms with Gasteiger partial charge in [-0.25, -0.2) is 4.79 Å². The fourth-order valence-corrected chi connectivity index (χ4v) is 4.62. The van der Waals surface area contributed by atoms with Crippen molar-refractivity contribution in [1.29, 1.82) is 5.26 Å². The standard InChI is InChI=1S/C21H22N2O3S/c1-13-8-9-15(14(2)10-13)21(25)26-12-19(24)23-20-17(11-22)16-6-4-3-5-7-18(16)27-20/h8-10H,3-7,12H2,1-2H3,(H,23,24). The van der Waals surface area contributed by atoms with Gasteiger partial charge >= 0.3 is 5.97 Å². The molecule has 3 rings (SSSR count). The number of ether oxygens (including phenoxy) is 1. The molecule has 1 aromatic carbocycles. The number of nitrogens with zero attached hydrogens (tertiary/aromatic N) is 1. The smallest absolute Gasteiger partial charge is 0.338 e. The lowest BCUT2D eigenvalue weighted by Crippen LogP contribution is -2.21. The first kappa shape index (κ1) is 19.1. The number of rotatable bonds is 4. The zero-order valence-corrected chi connectivity index (χ0v) is 16.4. The van der Waals surface area contributed by atoms with Crippen molar-refractivity contribution >= 4 is 28.2 Å². The van der Waals surface area contributed by atoms with Gasteiger partial charge in [-0.1, -0.05) is 24.1 Å². The molecule has 0 aliphatic heterocycles. The minimum Gasteiger partial charge on any atom is -0.452 e. The Bertz CT molecular complexity index is 924. The highest BCUT2D eigenvalue weighted by molar-refractivity contribution is 7.16. The second-order valence-corrected chi connectivity index (χ2v) is 7.93. The van der Waals surface area contributed by atoms with Crippen LogP contribution in [0.25, 0.3) is 0 Å². The summed E-state index contributed by atoms with van der Waals surface area (Å²) < 4.78 is 5.15. The molecule has 2 aromatic rings. The van der Waals surface area contributed by atoms with Crippen molar-refractivity contribution in [2.45, 2.75) is 46.0 Å². The summed E-state index contributed by atoms with van der Waals surface area (Å²) in [6.45, 7) is 3.41. The molecule has 1 aliphatic carbocycles. The molecule has 0 saturated carbocycles. The number of thiophene rings is 1. The Balaban J connectivity index is 1.64. The summed E-state index contributed by atoms with van der Waals surface area (Å²) in [5, 5.41) is 12.8. The fraction of sp³-hybridized carbons (Fsp3) is 0.381. The molecular weight excluding hydrogens is 360 g/mol. The summed E-state index contributed by atoms with van der Waals surface area (Å²) >= 11 is 1.47. The van der Waals surface area contributed by atoms with E-state index in [1.165, 1.54) is 22.6 Å². The van der Waals surface area contributed by atoms with E-state index in [9.17, 15) is 14.9 Å². The Kier molecular flexibility index (Phi) is 5.92. The maximum atomic E-state index is 12.2. The van der Waals surface area contributed by atoms with Gasteiger partial charge in [-0.05, 0) is 56.7 Å². The molecule has 0 atom stereocenters. The highest BCUT2D eigenvalue weighted by atomic mass is 32.1. The average molecular weight is 382 g/mol. The Labute approximate surface area is 163 Å². The van der Waals surface area contributed by atoms with Crippen molar-refractivity contribution in [3.05, 3.63) is 50.9 Å². The number of aryl methyl sites for hydroxylation is 3. The van der Waals surface area contributed by atoms with Crippen LogP contribution in [-0.4, -0.2) is 18.5 Å². The first-order chi connectivity index (χ1) is 13.0. The SMILES string of the molecule is Cc1ccc(C(=O)OCC(=O)Nc2sc3c(c2C#N)CCCCC3)c(C)c1. The van der Waals surface area contributed by atoms with E-state index in [0.717, 1.165) is 42.4 Å². The number of carbonyl (C=O) groups excluding carboxylic acids is 2. The van der Waals surface area contributed by atoms with Gasteiger partial charge in [0.15, 0.2) is 6.61 Å². The number of nitrogens with one attached hydrogen (secondary N) is 1. The number of hydrogen-bond donors (Lipinski definition) is 1. The summed E-state index contributed by atoms with van der Waals surface area (Å²) in [4.78, 5) is 25.6. The van der Waals surface area contributed by atoms with Crippen LogP contribution in [0.5, 0.6) is 0 Å². The summed E-state index contributed by atoms with van der Waals surface area (Å²) in [6.07, 6.45) is 5.18. The monoisotopic (exact) mass is 382 g/mol. The quantitative estimate of drug-likeness (QED) is 0.631. The zero-order valence-electron chi connectivity index (χ0n) is 15.6. The number of nitriles is 1. The lowest BCUT2D eigenvalue weighted by molar-refractivity contribution is -0.119. The van der Waals surface area contributed by atoms with Crippen LogP contribution < -0.4 is 5.32 Å². The van der Waals surface area contributed by atoms with Crippen LogP contribution in [0, 0.1) is 25.2 Å².